The number of nitrogens with two attached hydrogens (primary N) is 1. The lowest BCUT2D eigenvalue weighted by Crippen LogP contribution is -2.26. The summed E-state index contributed by atoms with van der Waals surface area (Å²) in [6, 6.07) is 18.6. The van der Waals surface area contributed by atoms with Crippen molar-refractivity contribution in [2.75, 3.05) is 12.4 Å². The summed E-state index contributed by atoms with van der Waals surface area (Å²) in [5.74, 6) is -1.01. The molecule has 0 aliphatic heterocycles. The summed E-state index contributed by atoms with van der Waals surface area (Å²) in [6.07, 6.45) is -1.32. The predicted molar refractivity (Wildman–Crippen MR) is 119 cm³/mol. The number of methoxy groups -OCH3 is 1. The van der Waals surface area contributed by atoms with Crippen molar-refractivity contribution in [2.24, 2.45) is 5.14 Å². The Morgan fingerprint density at radius 1 is 1.00 bits per heavy atom. The topological polar surface area (TPSA) is 125 Å². The molecule has 1 atom stereocenters. The molecule has 3 rings (SSSR count). The highest BCUT2D eigenvalue weighted by atomic mass is 35.5. The number of ether oxygens (including phenoxy) is 2. The largest absolute Gasteiger partial charge is 0.497 e. The second-order valence-corrected chi connectivity index (χ2v) is 8.54. The number of sulfonamides is 1. The Morgan fingerprint density at radius 2 is 1.72 bits per heavy atom. The van der Waals surface area contributed by atoms with Gasteiger partial charge in [-0.15, -0.1) is 0 Å². The zero-order valence-corrected chi connectivity index (χ0v) is 18.4. The van der Waals surface area contributed by atoms with Gasteiger partial charge in [-0.05, 0) is 30.3 Å². The Balaban J connectivity index is 1.90. The lowest BCUT2D eigenvalue weighted by Gasteiger charge is -2.18. The van der Waals surface area contributed by atoms with Crippen LogP contribution in [0.1, 0.15) is 22.0 Å². The van der Waals surface area contributed by atoms with Crippen molar-refractivity contribution in [3.63, 3.8) is 0 Å². The number of halogens is 1. The summed E-state index contributed by atoms with van der Waals surface area (Å²) in [5.41, 5.74) is 0.727. The lowest BCUT2D eigenvalue weighted by atomic mass is 10.1. The molecule has 0 unspecified atom stereocenters. The number of nitrogens with one attached hydrogen (secondary N) is 1. The highest BCUT2D eigenvalue weighted by Gasteiger charge is 2.27. The maximum atomic E-state index is 13.0. The van der Waals surface area contributed by atoms with Crippen molar-refractivity contribution in [1.82, 2.24) is 0 Å². The van der Waals surface area contributed by atoms with Gasteiger partial charge < -0.3 is 14.8 Å². The van der Waals surface area contributed by atoms with Gasteiger partial charge in [-0.1, -0.05) is 48.0 Å². The standard InChI is InChI=1S/C22H19ClN2O6S/c1-30-17-9-5-8-16(13-17)25-21(26)20(14-6-3-2-4-7-14)31-22(27)15-10-11-18(23)19(12-15)32(24,28)29/h2-13,20H,1H3,(H,25,26)(H2,24,28,29)/t20-/m0/s1. The summed E-state index contributed by atoms with van der Waals surface area (Å²) in [6.45, 7) is 0. The van der Waals surface area contributed by atoms with E-state index in [2.05, 4.69) is 5.32 Å². The van der Waals surface area contributed by atoms with Gasteiger partial charge in [-0.2, -0.15) is 0 Å². The molecule has 8 nitrogen and oxygen atoms in total. The number of esters is 1. The van der Waals surface area contributed by atoms with Crippen LogP contribution in [0.4, 0.5) is 5.69 Å². The number of primary sulfonamides is 1. The number of anilines is 1. The fraction of sp³-hybridized carbons (Fsp3) is 0.0909. The van der Waals surface area contributed by atoms with E-state index in [9.17, 15) is 18.0 Å². The highest BCUT2D eigenvalue weighted by Crippen LogP contribution is 2.26. The van der Waals surface area contributed by atoms with E-state index in [4.69, 9.17) is 26.2 Å². The predicted octanol–water partition coefficient (Wildman–Crippen LogP) is 3.53. The Labute approximate surface area is 190 Å². The fourth-order valence-corrected chi connectivity index (χ4v) is 3.90. The second kappa shape index (κ2) is 9.82. The Kier molecular flexibility index (Phi) is 7.14. The SMILES string of the molecule is COc1cccc(NC(=O)[C@@H](OC(=O)c2ccc(Cl)c(S(N)(=O)=O)c2)c2ccccc2)c1. The van der Waals surface area contributed by atoms with Crippen LogP contribution in [0.15, 0.2) is 77.7 Å². The van der Waals surface area contributed by atoms with Crippen LogP contribution in [0, 0.1) is 0 Å². The first-order valence-corrected chi connectivity index (χ1v) is 11.1. The molecule has 10 heteroatoms. The quantitative estimate of drug-likeness (QED) is 0.504. The van der Waals surface area contributed by atoms with E-state index in [-0.39, 0.29) is 10.6 Å². The molecular formula is C22H19ClN2O6S. The average Bonchev–Trinajstić information content (AvgIpc) is 2.77. The summed E-state index contributed by atoms with van der Waals surface area (Å²) in [4.78, 5) is 25.3. The maximum Gasteiger partial charge on any atom is 0.339 e. The first-order valence-electron chi connectivity index (χ1n) is 9.22. The van der Waals surface area contributed by atoms with Gasteiger partial charge in [0.1, 0.15) is 10.6 Å². The molecule has 0 saturated carbocycles. The number of carbonyl (C=O) groups is 2. The van der Waals surface area contributed by atoms with E-state index in [1.807, 2.05) is 0 Å². The second-order valence-electron chi connectivity index (χ2n) is 6.61. The number of amides is 1. The van der Waals surface area contributed by atoms with Crippen molar-refractivity contribution in [3.8, 4) is 5.75 Å². The molecule has 0 fully saturated rings. The van der Waals surface area contributed by atoms with Crippen LogP contribution in [-0.2, 0) is 19.6 Å². The number of benzene rings is 3. The number of rotatable bonds is 7. The van der Waals surface area contributed by atoms with E-state index in [0.29, 0.717) is 17.0 Å². The highest BCUT2D eigenvalue weighted by molar-refractivity contribution is 7.89. The van der Waals surface area contributed by atoms with Crippen LogP contribution in [0.3, 0.4) is 0 Å². The molecule has 0 aliphatic carbocycles. The monoisotopic (exact) mass is 474 g/mol. The molecule has 0 saturated heterocycles. The van der Waals surface area contributed by atoms with Crippen LogP contribution in [0.25, 0.3) is 0 Å². The summed E-state index contributed by atoms with van der Waals surface area (Å²) in [5, 5.41) is 7.68. The van der Waals surface area contributed by atoms with Crippen LogP contribution < -0.4 is 15.2 Å². The molecule has 1 amide bonds. The molecule has 0 aliphatic rings. The van der Waals surface area contributed by atoms with Gasteiger partial charge in [0.2, 0.25) is 16.1 Å². The van der Waals surface area contributed by atoms with Gasteiger partial charge >= 0.3 is 5.97 Å². The van der Waals surface area contributed by atoms with Crippen LogP contribution in [-0.4, -0.2) is 27.4 Å². The molecule has 3 aromatic rings. The molecule has 0 radical (unpaired) electrons. The summed E-state index contributed by atoms with van der Waals surface area (Å²) in [7, 11) is -2.67. The first-order chi connectivity index (χ1) is 15.2. The third kappa shape index (κ3) is 5.64. The lowest BCUT2D eigenvalue weighted by molar-refractivity contribution is -0.125. The van der Waals surface area contributed by atoms with Crippen LogP contribution >= 0.6 is 11.6 Å². The van der Waals surface area contributed by atoms with E-state index >= 15 is 0 Å². The van der Waals surface area contributed by atoms with Crippen LogP contribution in [0.5, 0.6) is 5.75 Å². The van der Waals surface area contributed by atoms with E-state index in [1.54, 1.807) is 54.6 Å². The Morgan fingerprint density at radius 3 is 2.38 bits per heavy atom. The van der Waals surface area contributed by atoms with Crippen LogP contribution in [0.2, 0.25) is 5.02 Å². The van der Waals surface area contributed by atoms with E-state index in [1.165, 1.54) is 19.2 Å². The molecule has 3 N–H and O–H groups in total. The van der Waals surface area contributed by atoms with Gasteiger partial charge in [0, 0.05) is 17.3 Å². The van der Waals surface area contributed by atoms with Gasteiger partial charge in [0.15, 0.2) is 0 Å². The average molecular weight is 475 g/mol. The van der Waals surface area contributed by atoms with E-state index in [0.717, 1.165) is 6.07 Å². The molecule has 3 aromatic carbocycles. The van der Waals surface area contributed by atoms with E-state index < -0.39 is 32.9 Å². The van der Waals surface area contributed by atoms with Gasteiger partial charge in [0.05, 0.1) is 17.7 Å². The smallest absolute Gasteiger partial charge is 0.339 e. The Hall–Kier alpha value is -3.40. The minimum atomic E-state index is -4.16. The molecule has 0 aromatic heterocycles. The number of hydrogen-bond donors (Lipinski definition) is 2. The van der Waals surface area contributed by atoms with Gasteiger partial charge in [-0.25, -0.2) is 18.4 Å². The number of carbonyl (C=O) groups excluding carboxylic acids is 2. The molecule has 166 valence electrons. The third-order valence-corrected chi connectivity index (χ3v) is 5.77. The molecule has 0 bridgehead atoms. The molecule has 0 heterocycles. The van der Waals surface area contributed by atoms with Crippen molar-refractivity contribution in [2.45, 2.75) is 11.0 Å². The van der Waals surface area contributed by atoms with Crippen molar-refractivity contribution in [1.29, 1.82) is 0 Å². The summed E-state index contributed by atoms with van der Waals surface area (Å²) >= 11 is 5.87. The van der Waals surface area contributed by atoms with Crippen molar-refractivity contribution >= 4 is 39.2 Å². The Bertz CT molecular complexity index is 1250. The zero-order valence-electron chi connectivity index (χ0n) is 16.8. The van der Waals surface area contributed by atoms with Gasteiger partial charge in [0.25, 0.3) is 5.91 Å². The fourth-order valence-electron chi connectivity index (χ4n) is 2.83. The normalized spacial score (nSPS) is 12.0. The molecule has 0 spiro atoms. The molecule has 32 heavy (non-hydrogen) atoms. The first kappa shape index (κ1) is 23.3. The number of hydrogen-bond acceptors (Lipinski definition) is 6. The zero-order chi connectivity index (χ0) is 23.3. The van der Waals surface area contributed by atoms with Gasteiger partial charge in [-0.3, -0.25) is 4.79 Å². The summed E-state index contributed by atoms with van der Waals surface area (Å²) < 4.78 is 34.0. The van der Waals surface area contributed by atoms with Crippen molar-refractivity contribution in [3.05, 3.63) is 88.9 Å². The minimum Gasteiger partial charge on any atom is -0.497 e. The third-order valence-electron chi connectivity index (χ3n) is 4.38. The molecular weight excluding hydrogens is 456 g/mol. The van der Waals surface area contributed by atoms with Crippen molar-refractivity contribution < 1.29 is 27.5 Å². The minimum absolute atomic E-state index is 0.131. The maximum absolute atomic E-state index is 13.0.